The van der Waals surface area contributed by atoms with E-state index < -0.39 is 5.82 Å². The molecule has 1 aromatic carbocycles. The van der Waals surface area contributed by atoms with E-state index in [1.807, 2.05) is 0 Å². The average Bonchev–Trinajstić information content (AvgIpc) is 2.15. The number of nitrogens with one attached hydrogen (secondary N) is 2. The second-order valence-electron chi connectivity index (χ2n) is 3.83. The summed E-state index contributed by atoms with van der Waals surface area (Å²) >= 11 is 3.17. The molecule has 1 aliphatic heterocycles. The Morgan fingerprint density at radius 1 is 1.56 bits per heavy atom. The van der Waals surface area contributed by atoms with Crippen LogP contribution in [-0.2, 0) is 0 Å². The first-order valence-electron chi connectivity index (χ1n) is 5.11. The van der Waals surface area contributed by atoms with E-state index in [0.717, 1.165) is 13.1 Å². The summed E-state index contributed by atoms with van der Waals surface area (Å²) < 4.78 is 13.9. The zero-order chi connectivity index (χ0) is 11.5. The van der Waals surface area contributed by atoms with Crippen LogP contribution in [0.3, 0.4) is 0 Å². The van der Waals surface area contributed by atoms with Crippen LogP contribution in [0.2, 0.25) is 0 Å². The molecule has 16 heavy (non-hydrogen) atoms. The van der Waals surface area contributed by atoms with Crippen LogP contribution in [0.5, 0.6) is 0 Å². The van der Waals surface area contributed by atoms with Crippen LogP contribution in [0.15, 0.2) is 22.7 Å². The summed E-state index contributed by atoms with van der Waals surface area (Å²) in [5.41, 5.74) is 0.0785. The largest absolute Gasteiger partial charge is 0.352 e. The first-order chi connectivity index (χ1) is 7.68. The van der Waals surface area contributed by atoms with Gasteiger partial charge in [0.25, 0.3) is 5.91 Å². The molecule has 1 aromatic rings. The topological polar surface area (TPSA) is 41.1 Å². The molecule has 0 saturated carbocycles. The van der Waals surface area contributed by atoms with Crippen LogP contribution in [-0.4, -0.2) is 25.5 Å². The molecule has 1 aliphatic rings. The fraction of sp³-hybridized carbons (Fsp3) is 0.364. The highest BCUT2D eigenvalue weighted by atomic mass is 79.9. The average molecular weight is 287 g/mol. The Morgan fingerprint density at radius 3 is 2.88 bits per heavy atom. The first kappa shape index (κ1) is 11.5. The summed E-state index contributed by atoms with van der Waals surface area (Å²) in [5.74, 6) is -0.398. The quantitative estimate of drug-likeness (QED) is 0.885. The molecule has 3 nitrogen and oxygen atoms in total. The molecular formula is C11H12BrFN2O. The van der Waals surface area contributed by atoms with Gasteiger partial charge in [0.15, 0.2) is 0 Å². The highest BCUT2D eigenvalue weighted by Gasteiger charge is 2.20. The lowest BCUT2D eigenvalue weighted by molar-refractivity contribution is 0.0937. The Kier molecular flexibility index (Phi) is 3.56. The molecule has 86 valence electrons. The van der Waals surface area contributed by atoms with Crippen molar-refractivity contribution in [3.05, 3.63) is 34.1 Å². The number of hydrogen-bond donors (Lipinski definition) is 2. The van der Waals surface area contributed by atoms with Crippen LogP contribution in [0.25, 0.3) is 0 Å². The summed E-state index contributed by atoms with van der Waals surface area (Å²) in [7, 11) is 0. The molecular weight excluding hydrogens is 275 g/mol. The van der Waals surface area contributed by atoms with Gasteiger partial charge in [0.2, 0.25) is 0 Å². The second-order valence-corrected chi connectivity index (χ2v) is 4.69. The molecule has 0 aromatic heterocycles. The molecule has 0 aliphatic carbocycles. The van der Waals surface area contributed by atoms with Crippen LogP contribution in [0.1, 0.15) is 10.4 Å². The van der Waals surface area contributed by atoms with Gasteiger partial charge in [-0.15, -0.1) is 0 Å². The highest BCUT2D eigenvalue weighted by molar-refractivity contribution is 9.10. The predicted molar refractivity (Wildman–Crippen MR) is 62.8 cm³/mol. The van der Waals surface area contributed by atoms with E-state index >= 15 is 0 Å². The van der Waals surface area contributed by atoms with E-state index in [1.54, 1.807) is 12.1 Å². The van der Waals surface area contributed by atoms with Crippen molar-refractivity contribution < 1.29 is 9.18 Å². The van der Waals surface area contributed by atoms with Gasteiger partial charge in [-0.05, 0) is 28.1 Å². The number of halogens is 2. The van der Waals surface area contributed by atoms with Crippen molar-refractivity contribution >= 4 is 21.8 Å². The summed E-state index contributed by atoms with van der Waals surface area (Å²) in [4.78, 5) is 11.7. The van der Waals surface area contributed by atoms with Gasteiger partial charge in [-0.2, -0.15) is 0 Å². The Morgan fingerprint density at radius 2 is 2.31 bits per heavy atom. The van der Waals surface area contributed by atoms with Crippen molar-refractivity contribution in [2.75, 3.05) is 19.6 Å². The molecule has 0 atom stereocenters. The van der Waals surface area contributed by atoms with Crippen LogP contribution < -0.4 is 10.6 Å². The molecule has 0 spiro atoms. The maximum absolute atomic E-state index is 13.4. The second kappa shape index (κ2) is 4.93. The fourth-order valence-electron chi connectivity index (χ4n) is 1.53. The SMILES string of the molecule is O=C(NCC1CNC1)c1c(F)cccc1Br. The Hall–Kier alpha value is -0.940. The van der Waals surface area contributed by atoms with Crippen molar-refractivity contribution in [3.63, 3.8) is 0 Å². The minimum atomic E-state index is -0.501. The van der Waals surface area contributed by atoms with Gasteiger partial charge in [0, 0.05) is 30.0 Å². The van der Waals surface area contributed by atoms with Gasteiger partial charge < -0.3 is 10.6 Å². The molecule has 1 saturated heterocycles. The molecule has 0 unspecified atom stereocenters. The standard InChI is InChI=1S/C11H12BrFN2O/c12-8-2-1-3-9(13)10(8)11(16)15-6-7-4-14-5-7/h1-3,7,14H,4-6H2,(H,15,16). The van der Waals surface area contributed by atoms with Crippen molar-refractivity contribution in [1.82, 2.24) is 10.6 Å². The lowest BCUT2D eigenvalue weighted by atomic mass is 10.0. The van der Waals surface area contributed by atoms with Gasteiger partial charge in [0.1, 0.15) is 5.82 Å². The van der Waals surface area contributed by atoms with Gasteiger partial charge in [-0.3, -0.25) is 4.79 Å². The summed E-state index contributed by atoms with van der Waals surface area (Å²) in [5, 5.41) is 5.85. The fourth-order valence-corrected chi connectivity index (χ4v) is 2.06. The third kappa shape index (κ3) is 2.41. The Labute approximate surface area is 102 Å². The molecule has 2 rings (SSSR count). The minimum absolute atomic E-state index is 0.0785. The van der Waals surface area contributed by atoms with Crippen molar-refractivity contribution in [2.45, 2.75) is 0 Å². The van der Waals surface area contributed by atoms with E-state index in [2.05, 4.69) is 26.6 Å². The van der Waals surface area contributed by atoms with Gasteiger partial charge in [-0.25, -0.2) is 4.39 Å². The van der Waals surface area contributed by atoms with E-state index in [9.17, 15) is 9.18 Å². The van der Waals surface area contributed by atoms with Crippen molar-refractivity contribution in [3.8, 4) is 0 Å². The number of amides is 1. The van der Waals surface area contributed by atoms with Gasteiger partial charge >= 0.3 is 0 Å². The number of benzene rings is 1. The van der Waals surface area contributed by atoms with E-state index in [4.69, 9.17) is 0 Å². The Balaban J connectivity index is 2.02. The molecule has 1 heterocycles. The number of hydrogen-bond acceptors (Lipinski definition) is 2. The monoisotopic (exact) mass is 286 g/mol. The van der Waals surface area contributed by atoms with E-state index in [1.165, 1.54) is 6.07 Å². The van der Waals surface area contributed by atoms with Crippen LogP contribution >= 0.6 is 15.9 Å². The molecule has 2 N–H and O–H groups in total. The molecule has 1 amide bonds. The minimum Gasteiger partial charge on any atom is -0.352 e. The third-order valence-electron chi connectivity index (χ3n) is 2.61. The smallest absolute Gasteiger partial charge is 0.255 e. The lowest BCUT2D eigenvalue weighted by Gasteiger charge is -2.27. The zero-order valence-electron chi connectivity index (χ0n) is 8.59. The first-order valence-corrected chi connectivity index (χ1v) is 5.90. The normalized spacial score (nSPS) is 15.6. The van der Waals surface area contributed by atoms with E-state index in [0.29, 0.717) is 16.9 Å². The molecule has 0 bridgehead atoms. The van der Waals surface area contributed by atoms with Gasteiger partial charge in [-0.1, -0.05) is 6.07 Å². The highest BCUT2D eigenvalue weighted by Crippen LogP contribution is 2.19. The van der Waals surface area contributed by atoms with Crippen molar-refractivity contribution in [2.24, 2.45) is 5.92 Å². The predicted octanol–water partition coefficient (Wildman–Crippen LogP) is 1.54. The maximum atomic E-state index is 13.4. The summed E-state index contributed by atoms with van der Waals surface area (Å²) in [6.45, 7) is 2.42. The Bertz CT molecular complexity index is 387. The van der Waals surface area contributed by atoms with Crippen LogP contribution in [0.4, 0.5) is 4.39 Å². The van der Waals surface area contributed by atoms with E-state index in [-0.39, 0.29) is 11.5 Å². The molecule has 1 fully saturated rings. The number of rotatable bonds is 3. The third-order valence-corrected chi connectivity index (χ3v) is 3.27. The van der Waals surface area contributed by atoms with Crippen molar-refractivity contribution in [1.29, 1.82) is 0 Å². The maximum Gasteiger partial charge on any atom is 0.255 e. The van der Waals surface area contributed by atoms with Gasteiger partial charge in [0.05, 0.1) is 5.56 Å². The lowest BCUT2D eigenvalue weighted by Crippen LogP contribution is -2.48. The summed E-state index contributed by atoms with van der Waals surface area (Å²) in [6.07, 6.45) is 0. The molecule has 0 radical (unpaired) electrons. The zero-order valence-corrected chi connectivity index (χ0v) is 10.2. The number of carbonyl (C=O) groups excluding carboxylic acids is 1. The summed E-state index contributed by atoms with van der Waals surface area (Å²) in [6, 6.07) is 4.50. The molecule has 5 heteroatoms. The van der Waals surface area contributed by atoms with Crippen LogP contribution in [0, 0.1) is 11.7 Å². The number of carbonyl (C=O) groups is 1.